The minimum Gasteiger partial charge on any atom is -0.376 e. The lowest BCUT2D eigenvalue weighted by Gasteiger charge is -2.29. The third-order valence-electron chi connectivity index (χ3n) is 4.99. The van der Waals surface area contributed by atoms with Crippen LogP contribution in [0.5, 0.6) is 0 Å². The third kappa shape index (κ3) is 4.36. The second-order valence-corrected chi connectivity index (χ2v) is 6.89. The van der Waals surface area contributed by atoms with Crippen LogP contribution in [0.1, 0.15) is 50.3 Å². The average molecular weight is 378 g/mol. The summed E-state index contributed by atoms with van der Waals surface area (Å²) >= 11 is 0. The van der Waals surface area contributed by atoms with Gasteiger partial charge in [-0.05, 0) is 42.9 Å². The van der Waals surface area contributed by atoms with Crippen molar-refractivity contribution in [2.45, 2.75) is 51.7 Å². The van der Waals surface area contributed by atoms with Crippen molar-refractivity contribution in [1.82, 2.24) is 0 Å². The smallest absolute Gasteiger partial charge is 0.167 e. The lowest BCUT2D eigenvalue weighted by molar-refractivity contribution is -0.0866. The fourth-order valence-electron chi connectivity index (χ4n) is 3.43. The summed E-state index contributed by atoms with van der Waals surface area (Å²) in [5.74, 6) is -2.50. The number of aryl methyl sites for hydroxylation is 1. The molecule has 0 radical (unpaired) electrons. The highest BCUT2D eigenvalue weighted by molar-refractivity contribution is 5.66. The van der Waals surface area contributed by atoms with Gasteiger partial charge in [0.15, 0.2) is 11.6 Å². The van der Waals surface area contributed by atoms with Gasteiger partial charge < -0.3 is 9.47 Å². The number of hydrogen-bond donors (Lipinski definition) is 0. The predicted octanol–water partition coefficient (Wildman–Crippen LogP) is 5.98. The molecule has 27 heavy (non-hydrogen) atoms. The van der Waals surface area contributed by atoms with E-state index in [1.54, 1.807) is 13.0 Å². The minimum atomic E-state index is -1.01. The highest BCUT2D eigenvalue weighted by atomic mass is 19.2. The van der Waals surface area contributed by atoms with E-state index in [1.807, 2.05) is 0 Å². The van der Waals surface area contributed by atoms with Crippen molar-refractivity contribution < 1.29 is 22.6 Å². The van der Waals surface area contributed by atoms with E-state index in [0.29, 0.717) is 25.2 Å². The monoisotopic (exact) mass is 378 g/mol. The van der Waals surface area contributed by atoms with Gasteiger partial charge in [-0.15, -0.1) is 0 Å². The predicted molar refractivity (Wildman–Crippen MR) is 99.1 cm³/mol. The Hall–Kier alpha value is -1.85. The summed E-state index contributed by atoms with van der Waals surface area (Å²) in [6.07, 6.45) is 2.81. The molecule has 0 amide bonds. The van der Waals surface area contributed by atoms with E-state index in [9.17, 15) is 13.2 Å². The molecule has 1 aliphatic heterocycles. The molecule has 5 heteroatoms. The number of benzene rings is 2. The summed E-state index contributed by atoms with van der Waals surface area (Å²) in [4.78, 5) is 0. The molecule has 1 heterocycles. The van der Waals surface area contributed by atoms with Gasteiger partial charge in [0, 0.05) is 17.7 Å². The van der Waals surface area contributed by atoms with Gasteiger partial charge in [0.25, 0.3) is 0 Å². The minimum absolute atomic E-state index is 0.0535. The third-order valence-corrected chi connectivity index (χ3v) is 4.99. The zero-order chi connectivity index (χ0) is 19.4. The number of hydrogen-bond acceptors (Lipinski definition) is 2. The molecule has 146 valence electrons. The Balaban J connectivity index is 1.76. The second kappa shape index (κ2) is 8.89. The first-order valence-electron chi connectivity index (χ1n) is 9.55. The molecule has 0 spiro atoms. The van der Waals surface area contributed by atoms with Gasteiger partial charge in [0.05, 0.1) is 18.8 Å². The van der Waals surface area contributed by atoms with Gasteiger partial charge in [-0.1, -0.05) is 38.1 Å². The second-order valence-electron chi connectivity index (χ2n) is 6.89. The first-order valence-corrected chi connectivity index (χ1v) is 9.55. The summed E-state index contributed by atoms with van der Waals surface area (Å²) in [5, 5.41) is 0. The van der Waals surface area contributed by atoms with E-state index >= 15 is 0 Å². The Morgan fingerprint density at radius 3 is 2.41 bits per heavy atom. The standard InChI is InChI=1S/C22H25F3O2/c1-3-11-26-16-7-10-20(27-13-16)15-6-8-17(19(23)12-15)18-9-5-14(4-2)21(24)22(18)25/h5-6,8-9,12,16,20H,3-4,7,10-11,13H2,1-2H3. The van der Waals surface area contributed by atoms with Gasteiger partial charge >= 0.3 is 0 Å². The van der Waals surface area contributed by atoms with Crippen molar-refractivity contribution in [1.29, 1.82) is 0 Å². The van der Waals surface area contributed by atoms with Gasteiger partial charge in [0.2, 0.25) is 0 Å². The van der Waals surface area contributed by atoms with Crippen LogP contribution in [-0.2, 0) is 15.9 Å². The van der Waals surface area contributed by atoms with E-state index in [2.05, 4.69) is 6.92 Å². The first-order chi connectivity index (χ1) is 13.0. The molecule has 0 bridgehead atoms. The van der Waals surface area contributed by atoms with E-state index in [4.69, 9.17) is 9.47 Å². The summed E-state index contributed by atoms with van der Waals surface area (Å²) in [6, 6.07) is 7.51. The van der Waals surface area contributed by atoms with E-state index in [-0.39, 0.29) is 28.9 Å². The molecule has 1 aliphatic rings. The Kier molecular flexibility index (Phi) is 6.55. The van der Waals surface area contributed by atoms with Crippen molar-refractivity contribution in [2.75, 3.05) is 13.2 Å². The number of ether oxygens (including phenoxy) is 2. The molecule has 1 saturated heterocycles. The van der Waals surface area contributed by atoms with Crippen LogP contribution < -0.4 is 0 Å². The topological polar surface area (TPSA) is 18.5 Å². The highest BCUT2D eigenvalue weighted by Gasteiger charge is 2.24. The zero-order valence-electron chi connectivity index (χ0n) is 15.7. The Morgan fingerprint density at radius 2 is 1.78 bits per heavy atom. The molecule has 0 saturated carbocycles. The lowest BCUT2D eigenvalue weighted by Crippen LogP contribution is -2.27. The largest absolute Gasteiger partial charge is 0.376 e. The first kappa shape index (κ1) is 19.9. The van der Waals surface area contributed by atoms with Gasteiger partial charge in [-0.3, -0.25) is 0 Å². The molecule has 2 aromatic carbocycles. The summed E-state index contributed by atoms with van der Waals surface area (Å²) in [7, 11) is 0. The number of halogens is 3. The molecular weight excluding hydrogens is 353 g/mol. The SMILES string of the molecule is CCCOC1CCC(c2ccc(-c3ccc(CC)c(F)c3F)c(F)c2)OC1. The number of rotatable bonds is 6. The molecule has 2 atom stereocenters. The molecule has 0 N–H and O–H groups in total. The molecule has 1 fully saturated rings. The van der Waals surface area contributed by atoms with Crippen molar-refractivity contribution in [3.8, 4) is 11.1 Å². The Bertz CT molecular complexity index is 783. The van der Waals surface area contributed by atoms with Crippen LogP contribution in [0.2, 0.25) is 0 Å². The van der Waals surface area contributed by atoms with Crippen LogP contribution in [0.15, 0.2) is 30.3 Å². The van der Waals surface area contributed by atoms with E-state index in [0.717, 1.165) is 19.3 Å². The maximum atomic E-state index is 14.7. The van der Waals surface area contributed by atoms with Crippen LogP contribution >= 0.6 is 0 Å². The molecule has 2 nitrogen and oxygen atoms in total. The fourth-order valence-corrected chi connectivity index (χ4v) is 3.43. The quantitative estimate of drug-likeness (QED) is 0.616. The fraction of sp³-hybridized carbons (Fsp3) is 0.455. The van der Waals surface area contributed by atoms with Crippen LogP contribution in [0.3, 0.4) is 0 Å². The Morgan fingerprint density at radius 1 is 1.00 bits per heavy atom. The zero-order valence-corrected chi connectivity index (χ0v) is 15.7. The van der Waals surface area contributed by atoms with E-state index in [1.165, 1.54) is 24.3 Å². The van der Waals surface area contributed by atoms with Crippen LogP contribution in [-0.4, -0.2) is 19.3 Å². The maximum absolute atomic E-state index is 14.7. The maximum Gasteiger partial charge on any atom is 0.167 e. The van der Waals surface area contributed by atoms with E-state index < -0.39 is 17.5 Å². The van der Waals surface area contributed by atoms with Crippen LogP contribution in [0, 0.1) is 17.5 Å². The van der Waals surface area contributed by atoms with Crippen LogP contribution in [0.4, 0.5) is 13.2 Å². The molecule has 0 aromatic heterocycles. The molecule has 2 unspecified atom stereocenters. The summed E-state index contributed by atoms with van der Waals surface area (Å²) < 4.78 is 54.5. The molecule has 3 rings (SSSR count). The molecular formula is C22H25F3O2. The van der Waals surface area contributed by atoms with Gasteiger partial charge in [0.1, 0.15) is 5.82 Å². The summed E-state index contributed by atoms with van der Waals surface area (Å²) in [5.41, 5.74) is 0.976. The van der Waals surface area contributed by atoms with Crippen molar-refractivity contribution in [2.24, 2.45) is 0 Å². The van der Waals surface area contributed by atoms with Gasteiger partial charge in [-0.2, -0.15) is 0 Å². The van der Waals surface area contributed by atoms with Crippen LogP contribution in [0.25, 0.3) is 11.1 Å². The molecule has 0 aliphatic carbocycles. The molecule has 2 aromatic rings. The van der Waals surface area contributed by atoms with Crippen molar-refractivity contribution >= 4 is 0 Å². The normalized spacial score (nSPS) is 20.0. The summed E-state index contributed by atoms with van der Waals surface area (Å²) in [6.45, 7) is 4.99. The van der Waals surface area contributed by atoms with Crippen molar-refractivity contribution in [3.63, 3.8) is 0 Å². The lowest BCUT2D eigenvalue weighted by atomic mass is 9.96. The Labute approximate surface area is 158 Å². The van der Waals surface area contributed by atoms with Gasteiger partial charge in [-0.25, -0.2) is 13.2 Å². The van der Waals surface area contributed by atoms with Crippen molar-refractivity contribution in [3.05, 3.63) is 58.9 Å². The highest BCUT2D eigenvalue weighted by Crippen LogP contribution is 2.34. The average Bonchev–Trinajstić information content (AvgIpc) is 2.69.